The van der Waals surface area contributed by atoms with E-state index in [1.54, 1.807) is 17.0 Å². The van der Waals surface area contributed by atoms with E-state index in [9.17, 15) is 9.59 Å². The SMILES string of the molecule is CCCNC(=O)CN(CCC)C(=O)c1ccc(CN)cc1.Cl. The van der Waals surface area contributed by atoms with Gasteiger partial charge >= 0.3 is 0 Å². The molecule has 0 unspecified atom stereocenters. The Kier molecular flexibility index (Phi) is 10.2. The highest BCUT2D eigenvalue weighted by molar-refractivity contribution is 5.96. The van der Waals surface area contributed by atoms with Crippen LogP contribution < -0.4 is 11.1 Å². The van der Waals surface area contributed by atoms with Gasteiger partial charge in [0.1, 0.15) is 0 Å². The summed E-state index contributed by atoms with van der Waals surface area (Å²) in [5.74, 6) is -0.232. The Labute approximate surface area is 138 Å². The number of nitrogens with zero attached hydrogens (tertiary/aromatic N) is 1. The molecule has 0 bridgehead atoms. The first kappa shape index (κ1) is 20.4. The Hall–Kier alpha value is -1.59. The van der Waals surface area contributed by atoms with Gasteiger partial charge in [0.15, 0.2) is 0 Å². The number of amides is 2. The van der Waals surface area contributed by atoms with Crippen LogP contribution in [0.25, 0.3) is 0 Å². The maximum atomic E-state index is 12.5. The molecule has 2 amide bonds. The van der Waals surface area contributed by atoms with Gasteiger partial charge in [0.05, 0.1) is 6.54 Å². The van der Waals surface area contributed by atoms with Crippen LogP contribution in [-0.2, 0) is 11.3 Å². The molecule has 0 aliphatic rings. The molecule has 124 valence electrons. The third kappa shape index (κ3) is 6.45. The minimum atomic E-state index is -0.118. The summed E-state index contributed by atoms with van der Waals surface area (Å²) in [4.78, 5) is 25.8. The molecule has 0 aliphatic heterocycles. The summed E-state index contributed by atoms with van der Waals surface area (Å²) in [5.41, 5.74) is 7.12. The molecule has 0 aliphatic carbocycles. The largest absolute Gasteiger partial charge is 0.355 e. The van der Waals surface area contributed by atoms with E-state index >= 15 is 0 Å². The van der Waals surface area contributed by atoms with Gasteiger partial charge < -0.3 is 16.0 Å². The van der Waals surface area contributed by atoms with Crippen molar-refractivity contribution in [1.29, 1.82) is 0 Å². The third-order valence-corrected chi connectivity index (χ3v) is 3.12. The zero-order valence-electron chi connectivity index (χ0n) is 13.3. The maximum absolute atomic E-state index is 12.5. The summed E-state index contributed by atoms with van der Waals surface area (Å²) in [6, 6.07) is 7.21. The summed E-state index contributed by atoms with van der Waals surface area (Å²) in [6.07, 6.45) is 1.70. The van der Waals surface area contributed by atoms with Gasteiger partial charge in [-0.15, -0.1) is 12.4 Å². The molecule has 0 aromatic heterocycles. The lowest BCUT2D eigenvalue weighted by Crippen LogP contribution is -2.41. The summed E-state index contributed by atoms with van der Waals surface area (Å²) >= 11 is 0. The first-order chi connectivity index (χ1) is 10.1. The van der Waals surface area contributed by atoms with Crippen LogP contribution in [0.3, 0.4) is 0 Å². The van der Waals surface area contributed by atoms with Crippen molar-refractivity contribution in [2.24, 2.45) is 5.73 Å². The molecule has 0 heterocycles. The minimum absolute atomic E-state index is 0. The number of benzene rings is 1. The average molecular weight is 328 g/mol. The van der Waals surface area contributed by atoms with E-state index in [1.165, 1.54) is 0 Å². The molecule has 1 aromatic rings. The molecule has 5 nitrogen and oxygen atoms in total. The van der Waals surface area contributed by atoms with Gasteiger partial charge in [-0.1, -0.05) is 26.0 Å². The topological polar surface area (TPSA) is 75.4 Å². The Morgan fingerprint density at radius 1 is 1.14 bits per heavy atom. The normalized spacial score (nSPS) is 9.77. The Morgan fingerprint density at radius 2 is 1.77 bits per heavy atom. The van der Waals surface area contributed by atoms with Crippen molar-refractivity contribution in [3.63, 3.8) is 0 Å². The monoisotopic (exact) mass is 327 g/mol. The van der Waals surface area contributed by atoms with Gasteiger partial charge in [-0.3, -0.25) is 9.59 Å². The summed E-state index contributed by atoms with van der Waals surface area (Å²) in [7, 11) is 0. The van der Waals surface area contributed by atoms with Crippen molar-refractivity contribution >= 4 is 24.2 Å². The smallest absolute Gasteiger partial charge is 0.254 e. The minimum Gasteiger partial charge on any atom is -0.355 e. The van der Waals surface area contributed by atoms with Gasteiger partial charge in [-0.05, 0) is 30.5 Å². The van der Waals surface area contributed by atoms with Gasteiger partial charge in [0, 0.05) is 25.2 Å². The Bertz CT molecular complexity index is 463. The van der Waals surface area contributed by atoms with Crippen LogP contribution in [0.15, 0.2) is 24.3 Å². The molecular weight excluding hydrogens is 302 g/mol. The number of halogens is 1. The second kappa shape index (κ2) is 11.0. The van der Waals surface area contributed by atoms with Crippen LogP contribution in [0.1, 0.15) is 42.6 Å². The van der Waals surface area contributed by atoms with Gasteiger partial charge in [-0.25, -0.2) is 0 Å². The molecule has 0 fully saturated rings. The second-order valence-electron chi connectivity index (χ2n) is 4.98. The summed E-state index contributed by atoms with van der Waals surface area (Å²) in [6.45, 7) is 5.74. The van der Waals surface area contributed by atoms with Crippen molar-refractivity contribution in [2.45, 2.75) is 33.2 Å². The summed E-state index contributed by atoms with van der Waals surface area (Å²) < 4.78 is 0. The molecule has 0 radical (unpaired) electrons. The average Bonchev–Trinajstić information content (AvgIpc) is 2.52. The molecule has 0 saturated carbocycles. The molecular formula is C16H26ClN3O2. The molecule has 3 N–H and O–H groups in total. The van der Waals surface area contributed by atoms with E-state index in [0.29, 0.717) is 25.2 Å². The van der Waals surface area contributed by atoms with E-state index in [4.69, 9.17) is 5.73 Å². The third-order valence-electron chi connectivity index (χ3n) is 3.12. The predicted molar refractivity (Wildman–Crippen MR) is 91.1 cm³/mol. The fourth-order valence-electron chi connectivity index (χ4n) is 1.98. The zero-order valence-corrected chi connectivity index (χ0v) is 14.1. The number of nitrogens with two attached hydrogens (primary N) is 1. The highest BCUT2D eigenvalue weighted by atomic mass is 35.5. The zero-order chi connectivity index (χ0) is 15.7. The molecule has 0 atom stereocenters. The van der Waals surface area contributed by atoms with E-state index in [-0.39, 0.29) is 30.8 Å². The Morgan fingerprint density at radius 3 is 2.27 bits per heavy atom. The number of hydrogen-bond acceptors (Lipinski definition) is 3. The van der Waals surface area contributed by atoms with E-state index in [1.807, 2.05) is 26.0 Å². The van der Waals surface area contributed by atoms with E-state index in [0.717, 1.165) is 18.4 Å². The van der Waals surface area contributed by atoms with Crippen molar-refractivity contribution in [1.82, 2.24) is 10.2 Å². The van der Waals surface area contributed by atoms with Gasteiger partial charge in [0.25, 0.3) is 5.91 Å². The second-order valence-corrected chi connectivity index (χ2v) is 4.98. The van der Waals surface area contributed by atoms with E-state index in [2.05, 4.69) is 5.32 Å². The van der Waals surface area contributed by atoms with Crippen LogP contribution in [0, 0.1) is 0 Å². The van der Waals surface area contributed by atoms with Crippen LogP contribution in [0.4, 0.5) is 0 Å². The lowest BCUT2D eigenvalue weighted by Gasteiger charge is -2.21. The standard InChI is InChI=1S/C16H25N3O2.ClH/c1-3-9-18-15(20)12-19(10-4-2)16(21)14-7-5-13(11-17)6-8-14;/h5-8H,3-4,9-12,17H2,1-2H3,(H,18,20);1H. The molecule has 6 heteroatoms. The highest BCUT2D eigenvalue weighted by Gasteiger charge is 2.17. The van der Waals surface area contributed by atoms with Gasteiger partial charge in [0.2, 0.25) is 5.91 Å². The fourth-order valence-corrected chi connectivity index (χ4v) is 1.98. The lowest BCUT2D eigenvalue weighted by atomic mass is 10.1. The van der Waals surface area contributed by atoms with Crippen LogP contribution in [0.5, 0.6) is 0 Å². The first-order valence-corrected chi connectivity index (χ1v) is 7.47. The fraction of sp³-hybridized carbons (Fsp3) is 0.500. The number of hydrogen-bond donors (Lipinski definition) is 2. The van der Waals surface area contributed by atoms with E-state index < -0.39 is 0 Å². The van der Waals surface area contributed by atoms with Crippen molar-refractivity contribution in [2.75, 3.05) is 19.6 Å². The lowest BCUT2D eigenvalue weighted by molar-refractivity contribution is -0.121. The van der Waals surface area contributed by atoms with Crippen molar-refractivity contribution < 1.29 is 9.59 Å². The highest BCUT2D eigenvalue weighted by Crippen LogP contribution is 2.08. The van der Waals surface area contributed by atoms with Crippen molar-refractivity contribution in [3.05, 3.63) is 35.4 Å². The molecule has 0 saturated heterocycles. The number of rotatable bonds is 8. The van der Waals surface area contributed by atoms with Gasteiger partial charge in [-0.2, -0.15) is 0 Å². The molecule has 22 heavy (non-hydrogen) atoms. The Balaban J connectivity index is 0.00000441. The van der Waals surface area contributed by atoms with Crippen LogP contribution >= 0.6 is 12.4 Å². The maximum Gasteiger partial charge on any atom is 0.254 e. The number of nitrogens with one attached hydrogen (secondary N) is 1. The number of carbonyl (C=O) groups excluding carboxylic acids is 2. The predicted octanol–water partition coefficient (Wildman–Crippen LogP) is 1.95. The molecule has 0 spiro atoms. The van der Waals surface area contributed by atoms with Crippen LogP contribution in [0.2, 0.25) is 0 Å². The molecule has 1 rings (SSSR count). The van der Waals surface area contributed by atoms with Crippen molar-refractivity contribution in [3.8, 4) is 0 Å². The number of carbonyl (C=O) groups is 2. The summed E-state index contributed by atoms with van der Waals surface area (Å²) in [5, 5.41) is 2.80. The molecule has 1 aromatic carbocycles. The quantitative estimate of drug-likeness (QED) is 0.766. The van der Waals surface area contributed by atoms with Crippen LogP contribution in [-0.4, -0.2) is 36.3 Å². The first-order valence-electron chi connectivity index (χ1n) is 7.47.